The number of ether oxygens (including phenoxy) is 2. The predicted octanol–water partition coefficient (Wildman–Crippen LogP) is 2.28. The molecular formula is C20H23N3O3. The van der Waals surface area contributed by atoms with E-state index in [-0.39, 0.29) is 12.0 Å². The van der Waals surface area contributed by atoms with Crippen LogP contribution >= 0.6 is 0 Å². The highest BCUT2D eigenvalue weighted by Gasteiger charge is 2.26. The van der Waals surface area contributed by atoms with Gasteiger partial charge >= 0.3 is 0 Å². The van der Waals surface area contributed by atoms with Crippen LogP contribution in [-0.4, -0.2) is 53.2 Å². The molecule has 1 amide bonds. The molecule has 0 spiro atoms. The van der Waals surface area contributed by atoms with E-state index in [2.05, 4.69) is 22.1 Å². The molecule has 4 rings (SSSR count). The molecule has 0 N–H and O–H groups in total. The summed E-state index contributed by atoms with van der Waals surface area (Å²) < 4.78 is 11.7. The van der Waals surface area contributed by atoms with Gasteiger partial charge < -0.3 is 14.4 Å². The van der Waals surface area contributed by atoms with Gasteiger partial charge in [-0.3, -0.25) is 9.78 Å². The van der Waals surface area contributed by atoms with E-state index >= 15 is 0 Å². The van der Waals surface area contributed by atoms with E-state index in [1.54, 1.807) is 11.1 Å². The minimum Gasteiger partial charge on any atom is -0.491 e. The van der Waals surface area contributed by atoms with Gasteiger partial charge in [-0.1, -0.05) is 6.07 Å². The van der Waals surface area contributed by atoms with Gasteiger partial charge in [0.15, 0.2) is 0 Å². The van der Waals surface area contributed by atoms with Crippen molar-refractivity contribution < 1.29 is 14.3 Å². The second kappa shape index (κ2) is 7.83. The fourth-order valence-electron chi connectivity index (χ4n) is 3.56. The summed E-state index contributed by atoms with van der Waals surface area (Å²) in [6.07, 6.45) is 9.28. The molecule has 1 aromatic heterocycles. The van der Waals surface area contributed by atoms with Gasteiger partial charge in [-0.25, -0.2) is 4.98 Å². The van der Waals surface area contributed by atoms with Crippen molar-refractivity contribution in [3.05, 3.63) is 53.6 Å². The average Bonchev–Trinajstić information content (AvgIpc) is 2.72. The summed E-state index contributed by atoms with van der Waals surface area (Å²) in [6.45, 7) is 2.00. The van der Waals surface area contributed by atoms with Crippen LogP contribution in [0.25, 0.3) is 0 Å². The van der Waals surface area contributed by atoms with E-state index in [1.165, 1.54) is 42.8 Å². The smallest absolute Gasteiger partial charge is 0.274 e. The fourth-order valence-corrected chi connectivity index (χ4v) is 3.56. The minimum absolute atomic E-state index is 0.111. The Kier molecular flexibility index (Phi) is 5.11. The van der Waals surface area contributed by atoms with E-state index in [0.717, 1.165) is 12.2 Å². The summed E-state index contributed by atoms with van der Waals surface area (Å²) in [7, 11) is 0. The van der Waals surface area contributed by atoms with E-state index in [1.807, 2.05) is 6.07 Å². The molecule has 2 aromatic rings. The predicted molar refractivity (Wildman–Crippen MR) is 96.3 cm³/mol. The minimum atomic E-state index is -0.139. The Bertz CT molecular complexity index is 766. The first-order valence-corrected chi connectivity index (χ1v) is 9.21. The van der Waals surface area contributed by atoms with Crippen molar-refractivity contribution in [1.29, 1.82) is 0 Å². The number of hydrogen-bond acceptors (Lipinski definition) is 5. The van der Waals surface area contributed by atoms with Gasteiger partial charge in [-0.2, -0.15) is 0 Å². The van der Waals surface area contributed by atoms with Crippen LogP contribution in [0, 0.1) is 0 Å². The van der Waals surface area contributed by atoms with Crippen molar-refractivity contribution in [2.75, 3.05) is 26.3 Å². The first kappa shape index (κ1) is 17.0. The van der Waals surface area contributed by atoms with E-state index in [9.17, 15) is 4.79 Å². The lowest BCUT2D eigenvalue weighted by Crippen LogP contribution is -2.47. The molecule has 6 heteroatoms. The highest BCUT2D eigenvalue weighted by atomic mass is 16.5. The molecule has 1 atom stereocenters. The lowest BCUT2D eigenvalue weighted by atomic mass is 9.92. The lowest BCUT2D eigenvalue weighted by Gasteiger charge is -2.32. The molecule has 26 heavy (non-hydrogen) atoms. The number of benzene rings is 1. The van der Waals surface area contributed by atoms with E-state index < -0.39 is 0 Å². The second-order valence-electron chi connectivity index (χ2n) is 6.78. The number of morpholine rings is 1. The summed E-state index contributed by atoms with van der Waals surface area (Å²) in [6, 6.07) is 6.37. The van der Waals surface area contributed by atoms with Crippen molar-refractivity contribution >= 4 is 5.91 Å². The zero-order valence-corrected chi connectivity index (χ0v) is 14.8. The highest BCUT2D eigenvalue weighted by Crippen LogP contribution is 2.25. The number of aryl methyl sites for hydroxylation is 2. The highest BCUT2D eigenvalue weighted by molar-refractivity contribution is 5.92. The molecule has 1 saturated heterocycles. The molecule has 0 saturated carbocycles. The third-order valence-electron chi connectivity index (χ3n) is 4.96. The molecule has 1 fully saturated rings. The molecule has 1 unspecified atom stereocenters. The molecule has 6 nitrogen and oxygen atoms in total. The van der Waals surface area contributed by atoms with Gasteiger partial charge in [0.2, 0.25) is 0 Å². The van der Waals surface area contributed by atoms with Crippen molar-refractivity contribution in [2.45, 2.75) is 31.8 Å². The second-order valence-corrected chi connectivity index (χ2v) is 6.78. The number of carbonyl (C=O) groups is 1. The van der Waals surface area contributed by atoms with Gasteiger partial charge in [-0.15, -0.1) is 0 Å². The maximum atomic E-state index is 12.5. The first-order chi connectivity index (χ1) is 12.8. The van der Waals surface area contributed by atoms with Crippen LogP contribution in [0.3, 0.4) is 0 Å². The number of rotatable bonds is 4. The Morgan fingerprint density at radius 2 is 2.12 bits per heavy atom. The maximum Gasteiger partial charge on any atom is 0.274 e. The van der Waals surface area contributed by atoms with Gasteiger partial charge in [0, 0.05) is 18.9 Å². The number of carbonyl (C=O) groups excluding carboxylic acids is 1. The summed E-state index contributed by atoms with van der Waals surface area (Å²) >= 11 is 0. The summed E-state index contributed by atoms with van der Waals surface area (Å²) in [4.78, 5) is 22.3. The monoisotopic (exact) mass is 353 g/mol. The molecule has 2 heterocycles. The SMILES string of the molecule is O=C(c1cnccn1)N1CCOC(COc2ccc3c(c2)CCCC3)C1. The normalized spacial score (nSPS) is 19.7. The number of aromatic nitrogens is 2. The zero-order valence-electron chi connectivity index (χ0n) is 14.8. The zero-order chi connectivity index (χ0) is 17.8. The average molecular weight is 353 g/mol. The Balaban J connectivity index is 1.34. The standard InChI is InChI=1S/C20H23N3O3/c24-20(19-12-21-7-8-22-19)23-9-10-25-18(13-23)14-26-17-6-5-15-3-1-2-4-16(15)11-17/h5-8,11-12,18H,1-4,9-10,13-14H2. The Labute approximate surface area is 153 Å². The van der Waals surface area contributed by atoms with Gasteiger partial charge in [0.1, 0.15) is 24.2 Å². The van der Waals surface area contributed by atoms with Crippen molar-refractivity contribution in [1.82, 2.24) is 14.9 Å². The summed E-state index contributed by atoms with van der Waals surface area (Å²) in [5.41, 5.74) is 3.21. The Morgan fingerprint density at radius 1 is 1.23 bits per heavy atom. The Morgan fingerprint density at radius 3 is 2.96 bits per heavy atom. The van der Waals surface area contributed by atoms with Crippen LogP contribution in [0.4, 0.5) is 0 Å². The van der Waals surface area contributed by atoms with Gasteiger partial charge in [0.25, 0.3) is 5.91 Å². The summed E-state index contributed by atoms with van der Waals surface area (Å²) in [5.74, 6) is 0.770. The molecular weight excluding hydrogens is 330 g/mol. The van der Waals surface area contributed by atoms with E-state index in [0.29, 0.717) is 32.0 Å². The number of nitrogens with zero attached hydrogens (tertiary/aromatic N) is 3. The van der Waals surface area contributed by atoms with Crippen LogP contribution in [0.1, 0.15) is 34.5 Å². The summed E-state index contributed by atoms with van der Waals surface area (Å²) in [5, 5.41) is 0. The van der Waals surface area contributed by atoms with Crippen LogP contribution in [0.5, 0.6) is 5.75 Å². The van der Waals surface area contributed by atoms with Crippen molar-refractivity contribution in [2.24, 2.45) is 0 Å². The topological polar surface area (TPSA) is 64.6 Å². The van der Waals surface area contributed by atoms with Crippen LogP contribution < -0.4 is 4.74 Å². The maximum absolute atomic E-state index is 12.5. The van der Waals surface area contributed by atoms with Gasteiger partial charge in [0.05, 0.1) is 19.3 Å². The molecule has 1 aromatic carbocycles. The number of hydrogen-bond donors (Lipinski definition) is 0. The molecule has 1 aliphatic heterocycles. The molecule has 0 radical (unpaired) electrons. The fraction of sp³-hybridized carbons (Fsp3) is 0.450. The van der Waals surface area contributed by atoms with Crippen LogP contribution in [0.15, 0.2) is 36.8 Å². The van der Waals surface area contributed by atoms with Crippen LogP contribution in [-0.2, 0) is 17.6 Å². The third kappa shape index (κ3) is 3.85. The molecule has 1 aliphatic carbocycles. The molecule has 2 aliphatic rings. The first-order valence-electron chi connectivity index (χ1n) is 9.21. The van der Waals surface area contributed by atoms with Gasteiger partial charge in [-0.05, 0) is 48.9 Å². The van der Waals surface area contributed by atoms with E-state index in [4.69, 9.17) is 9.47 Å². The quantitative estimate of drug-likeness (QED) is 0.844. The Hall–Kier alpha value is -2.47. The molecule has 136 valence electrons. The largest absolute Gasteiger partial charge is 0.491 e. The van der Waals surface area contributed by atoms with Crippen molar-refractivity contribution in [3.63, 3.8) is 0 Å². The molecule has 0 bridgehead atoms. The lowest BCUT2D eigenvalue weighted by molar-refractivity contribution is -0.0402. The third-order valence-corrected chi connectivity index (χ3v) is 4.96. The van der Waals surface area contributed by atoms with Crippen molar-refractivity contribution in [3.8, 4) is 5.75 Å². The number of fused-ring (bicyclic) bond motifs is 1. The van der Waals surface area contributed by atoms with Crippen LogP contribution in [0.2, 0.25) is 0 Å². The number of amides is 1.